The lowest BCUT2D eigenvalue weighted by Crippen LogP contribution is -2.14. The van der Waals surface area contributed by atoms with Gasteiger partial charge in [0.2, 0.25) is 5.91 Å². The first-order valence-electron chi connectivity index (χ1n) is 4.17. The normalized spacial score (nSPS) is 15.8. The van der Waals surface area contributed by atoms with Crippen LogP contribution in [0.3, 0.4) is 0 Å². The molecule has 1 amide bonds. The molecule has 2 rings (SSSR count). The topological polar surface area (TPSA) is 46.9 Å². The van der Waals surface area contributed by atoms with Gasteiger partial charge in [-0.3, -0.25) is 9.48 Å². The zero-order chi connectivity index (χ0) is 9.42. The predicted octanol–water partition coefficient (Wildman–Crippen LogP) is 0.589. The van der Waals surface area contributed by atoms with Gasteiger partial charge in [0.1, 0.15) is 0 Å². The monoisotopic (exact) mass is 177 g/mol. The summed E-state index contributed by atoms with van der Waals surface area (Å²) in [5, 5.41) is 7.00. The van der Waals surface area contributed by atoms with Crippen LogP contribution < -0.4 is 5.32 Å². The van der Waals surface area contributed by atoms with E-state index in [4.69, 9.17) is 0 Å². The van der Waals surface area contributed by atoms with Crippen molar-refractivity contribution < 1.29 is 4.79 Å². The number of carbonyl (C=O) groups is 1. The molecule has 0 unspecified atom stereocenters. The highest BCUT2D eigenvalue weighted by atomic mass is 16.1. The molecule has 4 nitrogen and oxygen atoms in total. The van der Waals surface area contributed by atoms with E-state index >= 15 is 0 Å². The molecule has 13 heavy (non-hydrogen) atoms. The van der Waals surface area contributed by atoms with E-state index in [1.807, 2.05) is 26.2 Å². The van der Waals surface area contributed by atoms with Crippen molar-refractivity contribution in [3.8, 4) is 0 Å². The van der Waals surface area contributed by atoms with Crippen molar-refractivity contribution in [2.45, 2.75) is 13.3 Å². The minimum atomic E-state index is 0.0539. The third-order valence-electron chi connectivity index (χ3n) is 2.07. The Hall–Kier alpha value is -1.58. The van der Waals surface area contributed by atoms with Crippen molar-refractivity contribution in [1.82, 2.24) is 15.1 Å². The molecule has 0 fully saturated rings. The van der Waals surface area contributed by atoms with Gasteiger partial charge in [0.15, 0.2) is 0 Å². The highest BCUT2D eigenvalue weighted by Crippen LogP contribution is 2.18. The molecule has 2 heterocycles. The summed E-state index contributed by atoms with van der Waals surface area (Å²) < 4.78 is 1.75. The van der Waals surface area contributed by atoms with Gasteiger partial charge < -0.3 is 5.32 Å². The molecule has 0 aromatic carbocycles. The number of hydrogen-bond acceptors (Lipinski definition) is 2. The Morgan fingerprint density at radius 2 is 2.38 bits per heavy atom. The summed E-state index contributed by atoms with van der Waals surface area (Å²) in [5.41, 5.74) is 2.83. The lowest BCUT2D eigenvalue weighted by atomic mass is 10.2. The first-order valence-corrected chi connectivity index (χ1v) is 4.17. The van der Waals surface area contributed by atoms with E-state index in [0.29, 0.717) is 6.42 Å². The summed E-state index contributed by atoms with van der Waals surface area (Å²) >= 11 is 0. The second-order valence-corrected chi connectivity index (χ2v) is 3.17. The van der Waals surface area contributed by atoms with E-state index in [-0.39, 0.29) is 5.91 Å². The van der Waals surface area contributed by atoms with E-state index in [9.17, 15) is 4.79 Å². The molecule has 4 heteroatoms. The molecule has 1 aromatic heterocycles. The number of carbonyl (C=O) groups excluding carboxylic acids is 1. The van der Waals surface area contributed by atoms with Crippen LogP contribution in [0.2, 0.25) is 0 Å². The van der Waals surface area contributed by atoms with Crippen LogP contribution in [0.1, 0.15) is 17.7 Å². The average Bonchev–Trinajstić information content (AvgIpc) is 2.58. The fraction of sp³-hybridized carbons (Fsp3) is 0.333. The van der Waals surface area contributed by atoms with Crippen LogP contribution in [0.5, 0.6) is 0 Å². The molecule has 0 bridgehead atoms. The molecule has 0 saturated carbocycles. The summed E-state index contributed by atoms with van der Waals surface area (Å²) in [7, 11) is 1.87. The molecule has 0 spiro atoms. The van der Waals surface area contributed by atoms with Crippen LogP contribution in [-0.4, -0.2) is 15.7 Å². The van der Waals surface area contributed by atoms with Crippen molar-refractivity contribution in [3.63, 3.8) is 0 Å². The van der Waals surface area contributed by atoms with E-state index in [1.54, 1.807) is 4.68 Å². The van der Waals surface area contributed by atoms with Crippen LogP contribution >= 0.6 is 0 Å². The van der Waals surface area contributed by atoms with Gasteiger partial charge in [0, 0.05) is 30.9 Å². The standard InChI is InChI=1S/C9H11N3O/c1-6-7(5-12(2)11-6)8-3-4-9(13)10-8/h3,5H,4H2,1-2H3,(H,10,13). The Balaban J connectivity index is 2.36. The van der Waals surface area contributed by atoms with Crippen LogP contribution in [0.15, 0.2) is 12.3 Å². The van der Waals surface area contributed by atoms with E-state index < -0.39 is 0 Å². The first-order chi connectivity index (χ1) is 6.16. The number of nitrogens with zero attached hydrogens (tertiary/aromatic N) is 2. The predicted molar refractivity (Wildman–Crippen MR) is 48.7 cm³/mol. The van der Waals surface area contributed by atoms with Crippen LogP contribution in [0.4, 0.5) is 0 Å². The second-order valence-electron chi connectivity index (χ2n) is 3.17. The lowest BCUT2D eigenvalue weighted by Gasteiger charge is -1.99. The van der Waals surface area contributed by atoms with Crippen molar-refractivity contribution in [1.29, 1.82) is 0 Å². The summed E-state index contributed by atoms with van der Waals surface area (Å²) in [5.74, 6) is 0.0539. The lowest BCUT2D eigenvalue weighted by molar-refractivity contribution is -0.118. The molecule has 1 aromatic rings. The van der Waals surface area contributed by atoms with Gasteiger partial charge in [-0.05, 0) is 6.92 Å². The third-order valence-corrected chi connectivity index (χ3v) is 2.07. The van der Waals surface area contributed by atoms with Crippen molar-refractivity contribution in [3.05, 3.63) is 23.5 Å². The first kappa shape index (κ1) is 8.04. The average molecular weight is 177 g/mol. The Kier molecular flexibility index (Phi) is 1.69. The molecule has 68 valence electrons. The van der Waals surface area contributed by atoms with E-state index in [2.05, 4.69) is 10.4 Å². The minimum absolute atomic E-state index is 0.0539. The maximum atomic E-state index is 11.0. The Bertz CT molecular complexity index is 390. The molecule has 0 saturated heterocycles. The molecule has 0 radical (unpaired) electrons. The molecule has 0 aliphatic carbocycles. The van der Waals surface area contributed by atoms with Gasteiger partial charge in [-0.15, -0.1) is 0 Å². The van der Waals surface area contributed by atoms with Gasteiger partial charge in [0.05, 0.1) is 5.69 Å². The summed E-state index contributed by atoms with van der Waals surface area (Å²) in [6.45, 7) is 1.93. The smallest absolute Gasteiger partial charge is 0.228 e. The number of nitrogens with one attached hydrogen (secondary N) is 1. The maximum Gasteiger partial charge on any atom is 0.228 e. The number of rotatable bonds is 1. The van der Waals surface area contributed by atoms with Gasteiger partial charge in [-0.2, -0.15) is 5.10 Å². The van der Waals surface area contributed by atoms with E-state index in [0.717, 1.165) is 17.0 Å². The number of aryl methyl sites for hydroxylation is 2. The van der Waals surface area contributed by atoms with Gasteiger partial charge in [-0.1, -0.05) is 6.08 Å². The molecule has 1 aliphatic heterocycles. The minimum Gasteiger partial charge on any atom is -0.325 e. The zero-order valence-corrected chi connectivity index (χ0v) is 7.66. The number of hydrogen-bond donors (Lipinski definition) is 1. The van der Waals surface area contributed by atoms with Crippen molar-refractivity contribution >= 4 is 11.6 Å². The molecule has 1 aliphatic rings. The SMILES string of the molecule is Cc1nn(C)cc1C1=CCC(=O)N1. The zero-order valence-electron chi connectivity index (χ0n) is 7.66. The van der Waals surface area contributed by atoms with Crippen molar-refractivity contribution in [2.24, 2.45) is 7.05 Å². The highest BCUT2D eigenvalue weighted by molar-refractivity contribution is 5.93. The second kappa shape index (κ2) is 2.73. The fourth-order valence-corrected chi connectivity index (χ4v) is 1.49. The summed E-state index contributed by atoms with van der Waals surface area (Å²) in [4.78, 5) is 11.0. The number of aromatic nitrogens is 2. The van der Waals surface area contributed by atoms with Gasteiger partial charge in [-0.25, -0.2) is 0 Å². The Morgan fingerprint density at radius 3 is 2.85 bits per heavy atom. The van der Waals surface area contributed by atoms with E-state index in [1.165, 1.54) is 0 Å². The molecule has 1 N–H and O–H groups in total. The maximum absolute atomic E-state index is 11.0. The summed E-state index contributed by atoms with van der Waals surface area (Å²) in [6.07, 6.45) is 4.28. The third kappa shape index (κ3) is 1.35. The Morgan fingerprint density at radius 1 is 1.62 bits per heavy atom. The fourth-order valence-electron chi connectivity index (χ4n) is 1.49. The van der Waals surface area contributed by atoms with Crippen LogP contribution in [0, 0.1) is 6.92 Å². The van der Waals surface area contributed by atoms with Crippen LogP contribution in [0.25, 0.3) is 5.70 Å². The number of amides is 1. The molecular formula is C9H11N3O. The molecule has 0 atom stereocenters. The van der Waals surface area contributed by atoms with Crippen molar-refractivity contribution in [2.75, 3.05) is 0 Å². The largest absolute Gasteiger partial charge is 0.325 e. The molecular weight excluding hydrogens is 166 g/mol. The van der Waals surface area contributed by atoms with Gasteiger partial charge >= 0.3 is 0 Å². The van der Waals surface area contributed by atoms with Crippen LogP contribution in [-0.2, 0) is 11.8 Å². The highest BCUT2D eigenvalue weighted by Gasteiger charge is 2.16. The Labute approximate surface area is 76.2 Å². The summed E-state index contributed by atoms with van der Waals surface area (Å²) in [6, 6.07) is 0. The quantitative estimate of drug-likeness (QED) is 0.682. The van der Waals surface area contributed by atoms with Gasteiger partial charge in [0.25, 0.3) is 0 Å².